The maximum atomic E-state index is 4.34. The van der Waals surface area contributed by atoms with Crippen molar-refractivity contribution in [2.24, 2.45) is 0 Å². The number of likely N-dealkylation sites (N-methyl/N-ethyl adjacent to an activating group) is 2. The summed E-state index contributed by atoms with van der Waals surface area (Å²) in [5, 5.41) is 3.61. The van der Waals surface area contributed by atoms with Gasteiger partial charge in [0.05, 0.1) is 11.9 Å². The zero-order valence-electron chi connectivity index (χ0n) is 13.3. The molecule has 4 heteroatoms. The minimum atomic E-state index is 0.485. The van der Waals surface area contributed by atoms with Gasteiger partial charge in [0.25, 0.3) is 0 Å². The van der Waals surface area contributed by atoms with Crippen LogP contribution in [0.25, 0.3) is 0 Å². The number of hydrogen-bond acceptors (Lipinski definition) is 4. The second-order valence-corrected chi connectivity index (χ2v) is 6.06. The molecule has 1 aromatic heterocycles. The van der Waals surface area contributed by atoms with Gasteiger partial charge in [-0.05, 0) is 52.4 Å². The smallest absolute Gasteiger partial charge is 0.0601 e. The van der Waals surface area contributed by atoms with E-state index < -0.39 is 0 Å². The van der Waals surface area contributed by atoms with Crippen molar-refractivity contribution in [3.8, 4) is 0 Å². The van der Waals surface area contributed by atoms with Crippen LogP contribution in [0.2, 0.25) is 0 Å². The van der Waals surface area contributed by atoms with E-state index in [1.807, 2.05) is 12.4 Å². The fourth-order valence-corrected chi connectivity index (χ4v) is 2.71. The Morgan fingerprint density at radius 1 is 1.40 bits per heavy atom. The largest absolute Gasteiger partial charge is 0.366 e. The highest BCUT2D eigenvalue weighted by atomic mass is 15.2. The monoisotopic (exact) mass is 276 g/mol. The Kier molecular flexibility index (Phi) is 5.38. The van der Waals surface area contributed by atoms with Crippen molar-refractivity contribution in [3.63, 3.8) is 0 Å². The second-order valence-electron chi connectivity index (χ2n) is 6.06. The molecule has 1 fully saturated rings. The molecule has 1 N–H and O–H groups in total. The number of nitrogens with one attached hydrogen (secondary N) is 1. The number of rotatable bonds is 8. The third kappa shape index (κ3) is 4.18. The van der Waals surface area contributed by atoms with Gasteiger partial charge < -0.3 is 15.1 Å². The van der Waals surface area contributed by atoms with Crippen LogP contribution in [0.4, 0.5) is 5.69 Å². The predicted molar refractivity (Wildman–Crippen MR) is 85.1 cm³/mol. The van der Waals surface area contributed by atoms with Gasteiger partial charge in [-0.1, -0.05) is 0 Å². The lowest BCUT2D eigenvalue weighted by Gasteiger charge is -2.33. The maximum absolute atomic E-state index is 4.34. The summed E-state index contributed by atoms with van der Waals surface area (Å²) >= 11 is 0. The van der Waals surface area contributed by atoms with E-state index in [9.17, 15) is 0 Å². The van der Waals surface area contributed by atoms with E-state index in [0.29, 0.717) is 6.04 Å². The zero-order valence-corrected chi connectivity index (χ0v) is 13.3. The first-order chi connectivity index (χ1) is 9.61. The number of pyridine rings is 1. The number of nitrogens with zero attached hydrogens (tertiary/aromatic N) is 3. The Hall–Kier alpha value is -1.13. The molecule has 1 heterocycles. The highest BCUT2D eigenvalue weighted by Gasteiger charge is 2.22. The Labute approximate surface area is 123 Å². The fraction of sp³-hybridized carbons (Fsp3) is 0.688. The lowest BCUT2D eigenvalue weighted by atomic mass is 10.1. The Bertz CT molecular complexity index is 415. The molecule has 0 bridgehead atoms. The summed E-state index contributed by atoms with van der Waals surface area (Å²) in [5.74, 6) is 0. The Balaban J connectivity index is 2.10. The lowest BCUT2D eigenvalue weighted by Crippen LogP contribution is -2.40. The average molecular weight is 276 g/mol. The lowest BCUT2D eigenvalue weighted by molar-refractivity contribution is 0.372. The van der Waals surface area contributed by atoms with Crippen molar-refractivity contribution < 1.29 is 0 Å². The number of hydrogen-bond donors (Lipinski definition) is 1. The first-order valence-corrected chi connectivity index (χ1v) is 7.69. The fourth-order valence-electron chi connectivity index (χ4n) is 2.71. The topological polar surface area (TPSA) is 31.4 Å². The molecule has 112 valence electrons. The molecule has 0 saturated heterocycles. The van der Waals surface area contributed by atoms with Crippen molar-refractivity contribution in [3.05, 3.63) is 24.0 Å². The van der Waals surface area contributed by atoms with Gasteiger partial charge in [-0.3, -0.25) is 4.98 Å². The first-order valence-electron chi connectivity index (χ1n) is 7.69. The number of aromatic nitrogens is 1. The molecule has 4 nitrogen and oxygen atoms in total. The van der Waals surface area contributed by atoms with Crippen LogP contribution in [0.3, 0.4) is 0 Å². The molecule has 0 amide bonds. The van der Waals surface area contributed by atoms with Crippen LogP contribution in [-0.4, -0.2) is 49.2 Å². The van der Waals surface area contributed by atoms with Gasteiger partial charge in [-0.25, -0.2) is 0 Å². The van der Waals surface area contributed by atoms with E-state index >= 15 is 0 Å². The standard InChI is InChI=1S/C16H28N4/c1-5-20(13(2)12-19(3)4)16-11-17-9-8-14(16)10-18-15-6-7-15/h8-9,11,13,15,18H,5-7,10,12H2,1-4H3. The van der Waals surface area contributed by atoms with Crippen LogP contribution in [0.1, 0.15) is 32.3 Å². The SMILES string of the molecule is CCN(c1cnccc1CNC1CC1)C(C)CN(C)C. The summed E-state index contributed by atoms with van der Waals surface area (Å²) in [5.41, 5.74) is 2.64. The summed E-state index contributed by atoms with van der Waals surface area (Å²) in [6, 6.07) is 3.37. The van der Waals surface area contributed by atoms with Gasteiger partial charge in [0, 0.05) is 37.9 Å². The molecule has 1 aliphatic carbocycles. The normalized spacial score (nSPS) is 16.4. The average Bonchev–Trinajstić information content (AvgIpc) is 3.21. The summed E-state index contributed by atoms with van der Waals surface area (Å²) in [6.07, 6.45) is 6.57. The van der Waals surface area contributed by atoms with Gasteiger partial charge in [-0.2, -0.15) is 0 Å². The third-order valence-electron chi connectivity index (χ3n) is 3.86. The summed E-state index contributed by atoms with van der Waals surface area (Å²) in [7, 11) is 4.26. The molecule has 0 spiro atoms. The molecule has 0 aliphatic heterocycles. The van der Waals surface area contributed by atoms with Gasteiger partial charge in [-0.15, -0.1) is 0 Å². The summed E-state index contributed by atoms with van der Waals surface area (Å²) in [6.45, 7) is 7.52. The number of anilines is 1. The van der Waals surface area contributed by atoms with Crippen LogP contribution in [0, 0.1) is 0 Å². The van der Waals surface area contributed by atoms with Gasteiger partial charge in [0.15, 0.2) is 0 Å². The van der Waals surface area contributed by atoms with E-state index in [1.165, 1.54) is 24.1 Å². The molecule has 0 aromatic carbocycles. The molecule has 2 rings (SSSR count). The van der Waals surface area contributed by atoms with E-state index in [0.717, 1.165) is 25.7 Å². The van der Waals surface area contributed by atoms with Crippen molar-refractivity contribution in [2.45, 2.75) is 45.3 Å². The maximum Gasteiger partial charge on any atom is 0.0601 e. The molecule has 0 radical (unpaired) electrons. The predicted octanol–water partition coefficient (Wildman–Crippen LogP) is 2.11. The van der Waals surface area contributed by atoms with E-state index in [-0.39, 0.29) is 0 Å². The Morgan fingerprint density at radius 3 is 2.75 bits per heavy atom. The van der Waals surface area contributed by atoms with Crippen molar-refractivity contribution in [1.82, 2.24) is 15.2 Å². The second kappa shape index (κ2) is 7.04. The van der Waals surface area contributed by atoms with E-state index in [2.05, 4.69) is 54.1 Å². The highest BCUT2D eigenvalue weighted by molar-refractivity contribution is 5.52. The molecule has 1 saturated carbocycles. The molecular weight excluding hydrogens is 248 g/mol. The van der Waals surface area contributed by atoms with Crippen LogP contribution in [0.5, 0.6) is 0 Å². The van der Waals surface area contributed by atoms with Gasteiger partial charge in [0.2, 0.25) is 0 Å². The molecule has 20 heavy (non-hydrogen) atoms. The van der Waals surface area contributed by atoms with Gasteiger partial charge in [0.1, 0.15) is 0 Å². The quantitative estimate of drug-likeness (QED) is 0.788. The summed E-state index contributed by atoms with van der Waals surface area (Å²) in [4.78, 5) is 9.03. The molecule has 1 atom stereocenters. The van der Waals surface area contributed by atoms with Crippen LogP contribution < -0.4 is 10.2 Å². The molecule has 1 unspecified atom stereocenters. The third-order valence-corrected chi connectivity index (χ3v) is 3.86. The summed E-state index contributed by atoms with van der Waals surface area (Å²) < 4.78 is 0. The zero-order chi connectivity index (χ0) is 14.5. The van der Waals surface area contributed by atoms with E-state index in [4.69, 9.17) is 0 Å². The first kappa shape index (κ1) is 15.3. The van der Waals surface area contributed by atoms with Crippen LogP contribution >= 0.6 is 0 Å². The molecule has 1 aliphatic rings. The van der Waals surface area contributed by atoms with Gasteiger partial charge >= 0.3 is 0 Å². The van der Waals surface area contributed by atoms with Crippen molar-refractivity contribution >= 4 is 5.69 Å². The minimum Gasteiger partial charge on any atom is -0.366 e. The van der Waals surface area contributed by atoms with Crippen molar-refractivity contribution in [1.29, 1.82) is 0 Å². The van der Waals surface area contributed by atoms with Crippen LogP contribution in [-0.2, 0) is 6.54 Å². The van der Waals surface area contributed by atoms with Crippen LogP contribution in [0.15, 0.2) is 18.5 Å². The molecular formula is C16H28N4. The van der Waals surface area contributed by atoms with Crippen molar-refractivity contribution in [2.75, 3.05) is 32.1 Å². The van der Waals surface area contributed by atoms with E-state index in [1.54, 1.807) is 0 Å². The highest BCUT2D eigenvalue weighted by Crippen LogP contribution is 2.24. The molecule has 1 aromatic rings. The minimum absolute atomic E-state index is 0.485. The Morgan fingerprint density at radius 2 is 2.15 bits per heavy atom.